The molecule has 0 saturated carbocycles. The van der Waals surface area contributed by atoms with Gasteiger partial charge in [0.05, 0.1) is 11.2 Å². The van der Waals surface area contributed by atoms with E-state index in [0.717, 1.165) is 18.7 Å². The van der Waals surface area contributed by atoms with Gasteiger partial charge in [-0.2, -0.15) is 0 Å². The summed E-state index contributed by atoms with van der Waals surface area (Å²) in [6, 6.07) is 0. The predicted octanol–water partition coefficient (Wildman–Crippen LogP) is 0.892. The minimum absolute atomic E-state index is 0.492. The van der Waals surface area contributed by atoms with Crippen LogP contribution in [0.5, 0.6) is 0 Å². The van der Waals surface area contributed by atoms with E-state index in [0.29, 0.717) is 12.8 Å². The van der Waals surface area contributed by atoms with Crippen LogP contribution >= 0.6 is 11.3 Å². The largest absolute Gasteiger partial charge is 0.480 e. The van der Waals surface area contributed by atoms with Crippen molar-refractivity contribution in [3.05, 3.63) is 16.6 Å². The Morgan fingerprint density at radius 3 is 3.14 bits per heavy atom. The van der Waals surface area contributed by atoms with Crippen LogP contribution in [0.4, 0.5) is 0 Å². The van der Waals surface area contributed by atoms with Gasteiger partial charge in [0.15, 0.2) is 0 Å². The van der Waals surface area contributed by atoms with Gasteiger partial charge in [-0.15, -0.1) is 11.3 Å². The lowest BCUT2D eigenvalue weighted by molar-refractivity contribution is -0.144. The van der Waals surface area contributed by atoms with Crippen molar-refractivity contribution in [2.45, 2.75) is 24.8 Å². The lowest BCUT2D eigenvalue weighted by Gasteiger charge is -2.23. The second-order valence-electron chi connectivity index (χ2n) is 3.57. The van der Waals surface area contributed by atoms with Crippen molar-refractivity contribution in [2.24, 2.45) is 0 Å². The zero-order valence-electron chi connectivity index (χ0n) is 7.69. The Labute approximate surface area is 86.0 Å². The molecule has 2 N–H and O–H groups in total. The Morgan fingerprint density at radius 1 is 1.79 bits per heavy atom. The molecule has 1 aliphatic rings. The van der Waals surface area contributed by atoms with Gasteiger partial charge in [0.1, 0.15) is 5.54 Å². The maximum atomic E-state index is 11.2. The van der Waals surface area contributed by atoms with E-state index in [1.807, 2.05) is 5.38 Å². The van der Waals surface area contributed by atoms with Gasteiger partial charge in [0.2, 0.25) is 0 Å². The molecule has 1 saturated heterocycles. The Hall–Kier alpha value is -0.940. The minimum Gasteiger partial charge on any atom is -0.480 e. The number of carboxylic acids is 1. The van der Waals surface area contributed by atoms with Gasteiger partial charge < -0.3 is 10.4 Å². The Morgan fingerprint density at radius 2 is 2.64 bits per heavy atom. The number of nitrogens with zero attached hydrogens (tertiary/aromatic N) is 1. The number of carbonyl (C=O) groups is 1. The SMILES string of the molecule is O=C(O)C1(Cc2cscn2)CCCN1. The van der Waals surface area contributed by atoms with Gasteiger partial charge in [-0.3, -0.25) is 4.79 Å². The molecule has 1 aromatic rings. The average Bonchev–Trinajstić information content (AvgIpc) is 2.76. The molecule has 14 heavy (non-hydrogen) atoms. The molecule has 0 spiro atoms. The summed E-state index contributed by atoms with van der Waals surface area (Å²) in [6.45, 7) is 0.788. The van der Waals surface area contributed by atoms with Crippen molar-refractivity contribution in [3.8, 4) is 0 Å². The summed E-state index contributed by atoms with van der Waals surface area (Å²) in [4.78, 5) is 15.3. The third-order valence-electron chi connectivity index (χ3n) is 2.62. The van der Waals surface area contributed by atoms with Crippen LogP contribution in [0.2, 0.25) is 0 Å². The maximum Gasteiger partial charge on any atom is 0.324 e. The summed E-state index contributed by atoms with van der Waals surface area (Å²) < 4.78 is 0. The van der Waals surface area contributed by atoms with Crippen molar-refractivity contribution in [1.29, 1.82) is 0 Å². The molecule has 5 heteroatoms. The lowest BCUT2D eigenvalue weighted by atomic mass is 9.92. The summed E-state index contributed by atoms with van der Waals surface area (Å²) >= 11 is 1.50. The molecule has 76 valence electrons. The second-order valence-corrected chi connectivity index (χ2v) is 4.29. The average molecular weight is 212 g/mol. The number of rotatable bonds is 3. The van der Waals surface area contributed by atoms with Crippen LogP contribution in [0.25, 0.3) is 0 Å². The van der Waals surface area contributed by atoms with Gasteiger partial charge >= 0.3 is 5.97 Å². The summed E-state index contributed by atoms with van der Waals surface area (Å²) in [6.07, 6.45) is 2.11. The first kappa shape index (κ1) is 9.61. The molecule has 0 amide bonds. The van der Waals surface area contributed by atoms with Crippen molar-refractivity contribution < 1.29 is 9.90 Å². The molecular weight excluding hydrogens is 200 g/mol. The van der Waals surface area contributed by atoms with Gasteiger partial charge in [-0.25, -0.2) is 4.98 Å². The monoisotopic (exact) mass is 212 g/mol. The van der Waals surface area contributed by atoms with Crippen molar-refractivity contribution in [3.63, 3.8) is 0 Å². The van der Waals surface area contributed by atoms with Crippen LogP contribution in [0, 0.1) is 0 Å². The molecule has 1 atom stereocenters. The van der Waals surface area contributed by atoms with E-state index >= 15 is 0 Å². The van der Waals surface area contributed by atoms with Gasteiger partial charge in [-0.05, 0) is 19.4 Å². The number of aromatic nitrogens is 1. The van der Waals surface area contributed by atoms with Gasteiger partial charge in [0, 0.05) is 11.8 Å². The molecule has 1 unspecified atom stereocenters. The summed E-state index contributed by atoms with van der Waals surface area (Å²) in [5, 5.41) is 14.2. The van der Waals surface area contributed by atoms with E-state index in [4.69, 9.17) is 0 Å². The molecule has 2 heterocycles. The third-order valence-corrected chi connectivity index (χ3v) is 3.25. The van der Waals surface area contributed by atoms with Crippen LogP contribution in [0.3, 0.4) is 0 Å². The number of hydrogen-bond donors (Lipinski definition) is 2. The summed E-state index contributed by atoms with van der Waals surface area (Å²) in [7, 11) is 0. The summed E-state index contributed by atoms with van der Waals surface area (Å²) in [5.74, 6) is -0.761. The van der Waals surface area contributed by atoms with E-state index in [9.17, 15) is 9.90 Å². The number of nitrogens with one attached hydrogen (secondary N) is 1. The highest BCUT2D eigenvalue weighted by Gasteiger charge is 2.41. The minimum atomic E-state index is -0.770. The van der Waals surface area contributed by atoms with Crippen molar-refractivity contribution >= 4 is 17.3 Å². The number of hydrogen-bond acceptors (Lipinski definition) is 4. The van der Waals surface area contributed by atoms with E-state index < -0.39 is 11.5 Å². The zero-order chi connectivity index (χ0) is 10.0. The lowest BCUT2D eigenvalue weighted by Crippen LogP contribution is -2.49. The molecule has 0 bridgehead atoms. The standard InChI is InChI=1S/C9H12N2O2S/c12-8(13)9(2-1-3-11-9)4-7-5-14-6-10-7/h5-6,11H,1-4H2,(H,12,13). The molecular formula is C9H12N2O2S. The van der Waals surface area contributed by atoms with Crippen molar-refractivity contribution in [1.82, 2.24) is 10.3 Å². The smallest absolute Gasteiger partial charge is 0.324 e. The highest BCUT2D eigenvalue weighted by atomic mass is 32.1. The first-order valence-electron chi connectivity index (χ1n) is 4.58. The molecule has 2 rings (SSSR count). The molecule has 1 aromatic heterocycles. The van der Waals surface area contributed by atoms with E-state index in [2.05, 4.69) is 10.3 Å². The molecule has 0 aromatic carbocycles. The number of aliphatic carboxylic acids is 1. The Bertz CT molecular complexity index is 318. The summed E-state index contributed by atoms with van der Waals surface area (Å²) in [5.41, 5.74) is 1.83. The van der Waals surface area contributed by atoms with E-state index in [1.165, 1.54) is 11.3 Å². The zero-order valence-corrected chi connectivity index (χ0v) is 8.51. The molecule has 0 radical (unpaired) electrons. The first-order valence-corrected chi connectivity index (χ1v) is 5.53. The van der Waals surface area contributed by atoms with Crippen LogP contribution in [-0.2, 0) is 11.2 Å². The first-order chi connectivity index (χ1) is 6.73. The number of thiazole rings is 1. The van der Waals surface area contributed by atoms with E-state index in [1.54, 1.807) is 5.51 Å². The van der Waals surface area contributed by atoms with Gasteiger partial charge in [0.25, 0.3) is 0 Å². The Balaban J connectivity index is 2.16. The normalized spacial score (nSPS) is 26.6. The highest BCUT2D eigenvalue weighted by molar-refractivity contribution is 7.07. The molecule has 1 aliphatic heterocycles. The van der Waals surface area contributed by atoms with Gasteiger partial charge in [-0.1, -0.05) is 0 Å². The maximum absolute atomic E-state index is 11.2. The molecule has 1 fully saturated rings. The fourth-order valence-corrected chi connectivity index (χ4v) is 2.41. The topological polar surface area (TPSA) is 62.2 Å². The van der Waals surface area contributed by atoms with Crippen LogP contribution < -0.4 is 5.32 Å². The van der Waals surface area contributed by atoms with Crippen LogP contribution in [0.1, 0.15) is 18.5 Å². The van der Waals surface area contributed by atoms with Crippen LogP contribution in [0.15, 0.2) is 10.9 Å². The van der Waals surface area contributed by atoms with Crippen LogP contribution in [-0.4, -0.2) is 28.1 Å². The fourth-order valence-electron chi connectivity index (χ4n) is 1.85. The van der Waals surface area contributed by atoms with Crippen molar-refractivity contribution in [2.75, 3.05) is 6.54 Å². The Kier molecular flexibility index (Phi) is 2.52. The highest BCUT2D eigenvalue weighted by Crippen LogP contribution is 2.24. The predicted molar refractivity (Wildman–Crippen MR) is 53.4 cm³/mol. The second kappa shape index (κ2) is 3.67. The molecule has 0 aliphatic carbocycles. The van der Waals surface area contributed by atoms with E-state index in [-0.39, 0.29) is 0 Å². The third kappa shape index (κ3) is 1.65. The fraction of sp³-hybridized carbons (Fsp3) is 0.556. The quantitative estimate of drug-likeness (QED) is 0.781. The molecule has 4 nitrogen and oxygen atoms in total. The number of carboxylic acid groups (broad SMARTS) is 1.